The van der Waals surface area contributed by atoms with Crippen molar-refractivity contribution in [3.63, 3.8) is 0 Å². The molecule has 3 heterocycles. The van der Waals surface area contributed by atoms with E-state index < -0.39 is 22.3 Å². The maximum Gasteiger partial charge on any atom is 0.269 e. The SMILES string of the molecule is C[C@H](/C=C/CC(=O)N1Cc2ccccc2C[C@H]1CO)[C@@]1(O)C(=O)N(Cc2cccc(N3N=C(c4ccccc4)CCC3=O)c2)c2ccc([N+](=O)[O-])cc21. The number of aliphatic hydroxyl groups is 2. The van der Waals surface area contributed by atoms with Crippen LogP contribution in [0.1, 0.15) is 54.0 Å². The van der Waals surface area contributed by atoms with Crippen LogP contribution in [0.15, 0.2) is 114 Å². The van der Waals surface area contributed by atoms with E-state index in [1.807, 2.05) is 54.6 Å². The summed E-state index contributed by atoms with van der Waals surface area (Å²) >= 11 is 0. The molecular formula is C41H39N5O7. The van der Waals surface area contributed by atoms with Crippen molar-refractivity contribution in [2.75, 3.05) is 16.5 Å². The van der Waals surface area contributed by atoms with Gasteiger partial charge in [-0.15, -0.1) is 0 Å². The van der Waals surface area contributed by atoms with Crippen molar-refractivity contribution < 1.29 is 29.5 Å². The van der Waals surface area contributed by atoms with Gasteiger partial charge in [0.2, 0.25) is 11.8 Å². The first kappa shape index (κ1) is 35.4. The van der Waals surface area contributed by atoms with Gasteiger partial charge in [0.15, 0.2) is 5.60 Å². The first-order chi connectivity index (χ1) is 25.6. The zero-order valence-electron chi connectivity index (χ0n) is 29.2. The monoisotopic (exact) mass is 713 g/mol. The molecule has 0 fully saturated rings. The Morgan fingerprint density at radius 2 is 1.75 bits per heavy atom. The van der Waals surface area contributed by atoms with Gasteiger partial charge in [0.05, 0.1) is 41.2 Å². The molecule has 12 nitrogen and oxygen atoms in total. The predicted molar refractivity (Wildman–Crippen MR) is 199 cm³/mol. The number of benzene rings is 4. The van der Waals surface area contributed by atoms with Gasteiger partial charge < -0.3 is 20.0 Å². The molecule has 0 saturated carbocycles. The van der Waals surface area contributed by atoms with Gasteiger partial charge in [-0.2, -0.15) is 5.10 Å². The Morgan fingerprint density at radius 1 is 1.00 bits per heavy atom. The lowest BCUT2D eigenvalue weighted by molar-refractivity contribution is -0.385. The third-order valence-corrected chi connectivity index (χ3v) is 10.4. The van der Waals surface area contributed by atoms with E-state index in [2.05, 4.69) is 5.10 Å². The van der Waals surface area contributed by atoms with E-state index in [0.29, 0.717) is 36.3 Å². The molecule has 7 rings (SSSR count). The van der Waals surface area contributed by atoms with Crippen LogP contribution in [-0.4, -0.2) is 56.1 Å². The second kappa shape index (κ2) is 14.6. The Morgan fingerprint density at radius 3 is 2.51 bits per heavy atom. The molecule has 0 unspecified atom stereocenters. The largest absolute Gasteiger partial charge is 0.394 e. The first-order valence-corrected chi connectivity index (χ1v) is 17.6. The van der Waals surface area contributed by atoms with Crippen LogP contribution in [0.2, 0.25) is 0 Å². The van der Waals surface area contributed by atoms with Gasteiger partial charge in [-0.3, -0.25) is 24.5 Å². The molecule has 3 atom stereocenters. The Labute approximate surface area is 306 Å². The van der Waals surface area contributed by atoms with Gasteiger partial charge in [0.1, 0.15) is 0 Å². The van der Waals surface area contributed by atoms with Crippen molar-refractivity contribution in [2.45, 2.75) is 57.3 Å². The van der Waals surface area contributed by atoms with Crippen molar-refractivity contribution in [3.05, 3.63) is 147 Å². The average molecular weight is 714 g/mol. The van der Waals surface area contributed by atoms with Gasteiger partial charge in [-0.25, -0.2) is 5.01 Å². The molecule has 12 heteroatoms. The molecule has 0 spiro atoms. The number of nitro benzene ring substituents is 1. The van der Waals surface area contributed by atoms with E-state index in [4.69, 9.17) is 0 Å². The van der Waals surface area contributed by atoms with Crippen LogP contribution in [0.5, 0.6) is 0 Å². The van der Waals surface area contributed by atoms with Crippen molar-refractivity contribution in [1.29, 1.82) is 0 Å². The molecule has 3 amide bonds. The minimum Gasteiger partial charge on any atom is -0.394 e. The van der Waals surface area contributed by atoms with Crippen LogP contribution < -0.4 is 9.91 Å². The fourth-order valence-electron chi connectivity index (χ4n) is 7.44. The van der Waals surface area contributed by atoms with Crippen LogP contribution in [0.3, 0.4) is 0 Å². The summed E-state index contributed by atoms with van der Waals surface area (Å²) in [7, 11) is 0. The van der Waals surface area contributed by atoms with Crippen LogP contribution in [0.25, 0.3) is 0 Å². The number of amides is 3. The number of nitro groups is 1. The van der Waals surface area contributed by atoms with Crippen molar-refractivity contribution in [2.24, 2.45) is 11.0 Å². The summed E-state index contributed by atoms with van der Waals surface area (Å²) in [5.41, 5.74) is 2.95. The smallest absolute Gasteiger partial charge is 0.269 e. The third-order valence-electron chi connectivity index (χ3n) is 10.4. The minimum atomic E-state index is -2.17. The minimum absolute atomic E-state index is 0.00494. The average Bonchev–Trinajstić information content (AvgIpc) is 3.39. The number of aliphatic hydroxyl groups excluding tert-OH is 1. The summed E-state index contributed by atoms with van der Waals surface area (Å²) in [6.07, 6.45) is 4.48. The maximum atomic E-state index is 14.3. The quantitative estimate of drug-likeness (QED) is 0.127. The second-order valence-corrected chi connectivity index (χ2v) is 13.7. The lowest BCUT2D eigenvalue weighted by Crippen LogP contribution is -2.46. The normalized spacial score (nSPS) is 20.3. The number of hydrazone groups is 1. The molecule has 0 aliphatic carbocycles. The van der Waals surface area contributed by atoms with Crippen LogP contribution >= 0.6 is 0 Å². The second-order valence-electron chi connectivity index (χ2n) is 13.7. The Kier molecular flexibility index (Phi) is 9.74. The third kappa shape index (κ3) is 6.74. The fourth-order valence-corrected chi connectivity index (χ4v) is 7.44. The molecule has 4 aromatic rings. The fraction of sp³-hybridized carbons (Fsp3) is 0.268. The van der Waals surface area contributed by atoms with Crippen LogP contribution in [0.4, 0.5) is 17.1 Å². The van der Waals surface area contributed by atoms with Crippen LogP contribution in [0, 0.1) is 16.0 Å². The van der Waals surface area contributed by atoms with Gasteiger partial charge in [-0.1, -0.05) is 85.8 Å². The van der Waals surface area contributed by atoms with Gasteiger partial charge in [-0.05, 0) is 46.9 Å². The standard InChI is InChI=1S/C41H39N5O7/c1-27(9-7-16-38(48)43-25-31-14-6-5-13-30(31)22-34(43)26-47)41(51)35-23-33(46(52)53)17-19-37(35)44(40(41)50)24-28-10-8-15-32(21-28)45-39(49)20-18-36(42-45)29-11-3-2-4-12-29/h2-15,17,19,21,23,27,34,47,51H,16,18,20,22,24-26H2,1H3/b9-7+/t27-,34+,41+/m1/s1. The lowest BCUT2D eigenvalue weighted by atomic mass is 9.82. The zero-order chi connectivity index (χ0) is 37.3. The van der Waals surface area contributed by atoms with Crippen molar-refractivity contribution in [1.82, 2.24) is 4.90 Å². The molecule has 2 N–H and O–H groups in total. The molecule has 0 aromatic heterocycles. The van der Waals surface area contributed by atoms with Crippen LogP contribution in [-0.2, 0) is 39.5 Å². The van der Waals surface area contributed by atoms with Gasteiger partial charge >= 0.3 is 0 Å². The molecule has 53 heavy (non-hydrogen) atoms. The molecular weight excluding hydrogens is 674 g/mol. The number of carbonyl (C=O) groups excluding carboxylic acids is 3. The maximum absolute atomic E-state index is 14.3. The molecule has 0 bridgehead atoms. The number of rotatable bonds is 10. The van der Waals surface area contributed by atoms with E-state index >= 15 is 0 Å². The molecule has 0 radical (unpaired) electrons. The number of nitrogens with zero attached hydrogens (tertiary/aromatic N) is 5. The van der Waals surface area contributed by atoms with E-state index in [-0.39, 0.29) is 55.1 Å². The highest BCUT2D eigenvalue weighted by Crippen LogP contribution is 2.47. The van der Waals surface area contributed by atoms with Gasteiger partial charge in [0, 0.05) is 49.4 Å². The number of hydrogen-bond acceptors (Lipinski definition) is 8. The number of non-ortho nitro benzene ring substituents is 1. The highest BCUT2D eigenvalue weighted by Gasteiger charge is 2.53. The topological polar surface area (TPSA) is 157 Å². The first-order valence-electron chi connectivity index (χ1n) is 17.6. The van der Waals surface area contributed by atoms with Crippen molar-refractivity contribution in [3.8, 4) is 0 Å². The number of fused-ring (bicyclic) bond motifs is 2. The summed E-state index contributed by atoms with van der Waals surface area (Å²) in [5.74, 6) is -1.93. The summed E-state index contributed by atoms with van der Waals surface area (Å²) in [6.45, 7) is 1.82. The molecule has 3 aliphatic heterocycles. The highest BCUT2D eigenvalue weighted by atomic mass is 16.6. The predicted octanol–water partition coefficient (Wildman–Crippen LogP) is 5.39. The summed E-state index contributed by atoms with van der Waals surface area (Å²) in [4.78, 5) is 54.9. The molecule has 270 valence electrons. The Bertz CT molecular complexity index is 2150. The zero-order valence-corrected chi connectivity index (χ0v) is 29.2. The summed E-state index contributed by atoms with van der Waals surface area (Å²) in [5, 5.41) is 40.1. The Balaban J connectivity index is 1.13. The molecule has 3 aliphatic rings. The molecule has 4 aromatic carbocycles. The van der Waals surface area contributed by atoms with E-state index in [9.17, 15) is 34.7 Å². The molecule has 0 saturated heterocycles. The van der Waals surface area contributed by atoms with E-state index in [1.54, 1.807) is 48.2 Å². The number of carbonyl (C=O) groups is 3. The summed E-state index contributed by atoms with van der Waals surface area (Å²) < 4.78 is 0. The number of anilines is 2. The van der Waals surface area contributed by atoms with Crippen molar-refractivity contribution >= 4 is 40.5 Å². The Hall–Kier alpha value is -5.98. The van der Waals surface area contributed by atoms with E-state index in [1.165, 1.54) is 28.1 Å². The number of hydrogen-bond donors (Lipinski definition) is 2. The summed E-state index contributed by atoms with van der Waals surface area (Å²) in [6, 6.07) is 28.1. The van der Waals surface area contributed by atoms with E-state index in [0.717, 1.165) is 22.4 Å². The highest BCUT2D eigenvalue weighted by molar-refractivity contribution is 6.09. The van der Waals surface area contributed by atoms with Gasteiger partial charge in [0.25, 0.3) is 11.6 Å². The lowest BCUT2D eigenvalue weighted by Gasteiger charge is -2.36.